The monoisotopic (exact) mass is 375 g/mol. The lowest BCUT2D eigenvalue weighted by atomic mass is 10.2. The van der Waals surface area contributed by atoms with Crippen molar-refractivity contribution in [3.63, 3.8) is 0 Å². The number of para-hydroxylation sites is 1. The topological polar surface area (TPSA) is 41.9 Å². The highest BCUT2D eigenvalue weighted by Gasteiger charge is 2.22. The summed E-state index contributed by atoms with van der Waals surface area (Å²) in [6, 6.07) is 12.2. The SMILES string of the molecule is Cc1ccc(CN(C[C@H](O)COc2ccccc2C)C[C@@H]2CCCO2)s1. The number of benzene rings is 1. The zero-order valence-corrected chi connectivity index (χ0v) is 16.5. The molecule has 0 aliphatic carbocycles. The molecule has 1 fully saturated rings. The van der Waals surface area contributed by atoms with E-state index in [9.17, 15) is 5.11 Å². The van der Waals surface area contributed by atoms with E-state index >= 15 is 0 Å². The van der Waals surface area contributed by atoms with Crippen LogP contribution in [-0.4, -0.2) is 48.5 Å². The molecule has 0 saturated carbocycles. The first-order valence-electron chi connectivity index (χ1n) is 9.36. The van der Waals surface area contributed by atoms with Gasteiger partial charge < -0.3 is 14.6 Å². The number of rotatable bonds is 9. The first-order chi connectivity index (χ1) is 12.6. The van der Waals surface area contributed by atoms with Crippen LogP contribution < -0.4 is 4.74 Å². The average molecular weight is 376 g/mol. The number of nitrogens with zero attached hydrogens (tertiary/aromatic N) is 1. The highest BCUT2D eigenvalue weighted by Crippen LogP contribution is 2.20. The molecule has 4 nitrogen and oxygen atoms in total. The molecule has 0 unspecified atom stereocenters. The van der Waals surface area contributed by atoms with Gasteiger partial charge in [-0.25, -0.2) is 0 Å². The molecular formula is C21H29NO3S. The first-order valence-corrected chi connectivity index (χ1v) is 10.2. The molecule has 2 aromatic rings. The van der Waals surface area contributed by atoms with E-state index in [2.05, 4.69) is 24.0 Å². The molecule has 0 spiro atoms. The smallest absolute Gasteiger partial charge is 0.122 e. The van der Waals surface area contributed by atoms with Crippen LogP contribution >= 0.6 is 11.3 Å². The van der Waals surface area contributed by atoms with Crippen molar-refractivity contribution in [3.05, 3.63) is 51.7 Å². The van der Waals surface area contributed by atoms with Crippen LogP contribution in [0.5, 0.6) is 5.75 Å². The summed E-state index contributed by atoms with van der Waals surface area (Å²) in [5, 5.41) is 10.5. The minimum absolute atomic E-state index is 0.278. The van der Waals surface area contributed by atoms with Gasteiger partial charge in [0.2, 0.25) is 0 Å². The highest BCUT2D eigenvalue weighted by molar-refractivity contribution is 7.11. The summed E-state index contributed by atoms with van der Waals surface area (Å²) in [4.78, 5) is 4.95. The molecule has 2 atom stereocenters. The average Bonchev–Trinajstić information content (AvgIpc) is 3.26. The van der Waals surface area contributed by atoms with Gasteiger partial charge >= 0.3 is 0 Å². The minimum Gasteiger partial charge on any atom is -0.491 e. The third-order valence-electron chi connectivity index (χ3n) is 4.66. The molecule has 1 N–H and O–H groups in total. The van der Waals surface area contributed by atoms with Gasteiger partial charge in [0.05, 0.1) is 6.10 Å². The van der Waals surface area contributed by atoms with Gasteiger partial charge in [0.25, 0.3) is 0 Å². The molecule has 1 aromatic heterocycles. The predicted molar refractivity (Wildman–Crippen MR) is 106 cm³/mol. The molecule has 0 bridgehead atoms. The Bertz CT molecular complexity index is 681. The maximum atomic E-state index is 10.5. The van der Waals surface area contributed by atoms with Gasteiger partial charge in [-0.05, 0) is 50.5 Å². The number of hydrogen-bond donors (Lipinski definition) is 1. The lowest BCUT2D eigenvalue weighted by molar-refractivity contribution is 0.0316. The number of thiophene rings is 1. The molecule has 1 aromatic carbocycles. The van der Waals surface area contributed by atoms with Crippen LogP contribution in [0.2, 0.25) is 0 Å². The predicted octanol–water partition coefficient (Wildman–Crippen LogP) is 3.79. The normalized spacial score (nSPS) is 18.4. The van der Waals surface area contributed by atoms with Crippen molar-refractivity contribution in [3.8, 4) is 5.75 Å². The Morgan fingerprint density at radius 1 is 1.27 bits per heavy atom. The molecular weight excluding hydrogens is 346 g/mol. The van der Waals surface area contributed by atoms with E-state index in [1.807, 2.05) is 42.5 Å². The Morgan fingerprint density at radius 2 is 2.12 bits per heavy atom. The lowest BCUT2D eigenvalue weighted by Gasteiger charge is -2.27. The summed E-state index contributed by atoms with van der Waals surface area (Å²) in [7, 11) is 0. The van der Waals surface area contributed by atoms with Crippen molar-refractivity contribution in [2.45, 2.75) is 45.4 Å². The summed E-state index contributed by atoms with van der Waals surface area (Å²) < 4.78 is 11.6. The Morgan fingerprint density at radius 3 is 2.81 bits per heavy atom. The molecule has 142 valence electrons. The van der Waals surface area contributed by atoms with Gasteiger partial charge in [-0.15, -0.1) is 11.3 Å². The van der Waals surface area contributed by atoms with Crippen LogP contribution in [0.25, 0.3) is 0 Å². The van der Waals surface area contributed by atoms with E-state index in [1.165, 1.54) is 9.75 Å². The van der Waals surface area contributed by atoms with Crippen molar-refractivity contribution in [1.29, 1.82) is 0 Å². The number of aliphatic hydroxyl groups excluding tert-OH is 1. The van der Waals surface area contributed by atoms with Crippen LogP contribution in [0.3, 0.4) is 0 Å². The number of ether oxygens (including phenoxy) is 2. The Hall–Kier alpha value is -1.40. The number of hydrogen-bond acceptors (Lipinski definition) is 5. The van der Waals surface area contributed by atoms with Crippen LogP contribution in [0.15, 0.2) is 36.4 Å². The quantitative estimate of drug-likeness (QED) is 0.724. The van der Waals surface area contributed by atoms with Crippen molar-refractivity contribution >= 4 is 11.3 Å². The van der Waals surface area contributed by atoms with Gasteiger partial charge in [0.1, 0.15) is 18.5 Å². The maximum absolute atomic E-state index is 10.5. The van der Waals surface area contributed by atoms with Crippen molar-refractivity contribution in [2.75, 3.05) is 26.3 Å². The fourth-order valence-corrected chi connectivity index (χ4v) is 4.26. The lowest BCUT2D eigenvalue weighted by Crippen LogP contribution is -2.39. The molecule has 1 aliphatic heterocycles. The fraction of sp³-hybridized carbons (Fsp3) is 0.524. The highest BCUT2D eigenvalue weighted by atomic mass is 32.1. The second-order valence-electron chi connectivity index (χ2n) is 7.07. The zero-order chi connectivity index (χ0) is 18.4. The second-order valence-corrected chi connectivity index (χ2v) is 8.44. The third kappa shape index (κ3) is 5.81. The number of aliphatic hydroxyl groups is 1. The Labute approximate surface area is 160 Å². The van der Waals surface area contributed by atoms with Crippen LogP contribution in [-0.2, 0) is 11.3 Å². The van der Waals surface area contributed by atoms with Gasteiger partial charge in [0.15, 0.2) is 0 Å². The van der Waals surface area contributed by atoms with Crippen LogP contribution in [0, 0.1) is 13.8 Å². The van der Waals surface area contributed by atoms with Crippen LogP contribution in [0.4, 0.5) is 0 Å². The Balaban J connectivity index is 1.55. The maximum Gasteiger partial charge on any atom is 0.122 e. The van der Waals surface area contributed by atoms with E-state index in [1.54, 1.807) is 0 Å². The van der Waals surface area contributed by atoms with E-state index in [-0.39, 0.29) is 6.10 Å². The minimum atomic E-state index is -0.530. The summed E-state index contributed by atoms with van der Waals surface area (Å²) in [5.41, 5.74) is 1.09. The molecule has 0 amide bonds. The van der Waals surface area contributed by atoms with Gasteiger partial charge in [0, 0.05) is 36.0 Å². The van der Waals surface area contributed by atoms with Crippen molar-refractivity contribution < 1.29 is 14.6 Å². The summed E-state index contributed by atoms with van der Waals surface area (Å²) in [5.74, 6) is 0.839. The molecule has 2 heterocycles. The van der Waals surface area contributed by atoms with Gasteiger partial charge in [-0.2, -0.15) is 0 Å². The number of aryl methyl sites for hydroxylation is 2. The first kappa shape index (κ1) is 19.4. The molecule has 0 radical (unpaired) electrons. The van der Waals surface area contributed by atoms with Crippen LogP contribution in [0.1, 0.15) is 28.2 Å². The second kappa shape index (κ2) is 9.51. The van der Waals surface area contributed by atoms with E-state index in [4.69, 9.17) is 9.47 Å². The summed E-state index contributed by atoms with van der Waals surface area (Å²) in [6.45, 7) is 7.60. The van der Waals surface area contributed by atoms with Gasteiger partial charge in [-0.1, -0.05) is 18.2 Å². The molecule has 5 heteroatoms. The van der Waals surface area contributed by atoms with Gasteiger partial charge in [-0.3, -0.25) is 4.90 Å². The Kier molecular flexibility index (Phi) is 7.08. The van der Waals surface area contributed by atoms with Crippen molar-refractivity contribution in [1.82, 2.24) is 4.90 Å². The standard InChI is InChI=1S/C21H29NO3S/c1-16-6-3-4-8-21(16)25-15-18(23)12-22(13-19-7-5-11-24-19)14-20-10-9-17(2)26-20/h3-4,6,8-10,18-19,23H,5,7,11-15H2,1-2H3/t18-,19-/m0/s1. The molecule has 1 saturated heterocycles. The summed E-state index contributed by atoms with van der Waals surface area (Å²) >= 11 is 1.82. The largest absolute Gasteiger partial charge is 0.491 e. The molecule has 26 heavy (non-hydrogen) atoms. The zero-order valence-electron chi connectivity index (χ0n) is 15.7. The van der Waals surface area contributed by atoms with E-state index < -0.39 is 6.10 Å². The fourth-order valence-electron chi connectivity index (χ4n) is 3.33. The summed E-state index contributed by atoms with van der Waals surface area (Å²) in [6.07, 6.45) is 1.99. The molecule has 3 rings (SSSR count). The van der Waals surface area contributed by atoms with E-state index in [0.29, 0.717) is 13.2 Å². The van der Waals surface area contributed by atoms with Crippen molar-refractivity contribution in [2.24, 2.45) is 0 Å². The third-order valence-corrected chi connectivity index (χ3v) is 5.64. The van der Waals surface area contributed by atoms with E-state index in [0.717, 1.165) is 43.9 Å². The molecule has 1 aliphatic rings.